The molecule has 0 aliphatic heterocycles. The number of benzene rings is 1. The van der Waals surface area contributed by atoms with Crippen LogP contribution in [0.2, 0.25) is 0 Å². The van der Waals surface area contributed by atoms with Crippen LogP contribution >= 0.6 is 0 Å². The number of amides is 2. The SMILES string of the molecule is CCN(CC)c1ccc(C(=O)Nc2cccc(NC(=O)C(C)(C)C)c2)cn1. The lowest BCUT2D eigenvalue weighted by molar-refractivity contribution is -0.123. The summed E-state index contributed by atoms with van der Waals surface area (Å²) in [5.74, 6) is 0.526. The van der Waals surface area contributed by atoms with E-state index < -0.39 is 5.41 Å². The second-order valence-electron chi connectivity index (χ2n) is 7.32. The molecule has 0 atom stereocenters. The molecule has 0 saturated heterocycles. The van der Waals surface area contributed by atoms with Gasteiger partial charge in [-0.3, -0.25) is 9.59 Å². The molecule has 1 aromatic heterocycles. The van der Waals surface area contributed by atoms with Gasteiger partial charge in [-0.05, 0) is 44.2 Å². The van der Waals surface area contributed by atoms with E-state index in [4.69, 9.17) is 0 Å². The number of carbonyl (C=O) groups excluding carboxylic acids is 2. The predicted molar refractivity (Wildman–Crippen MR) is 110 cm³/mol. The van der Waals surface area contributed by atoms with Gasteiger partial charge in [-0.2, -0.15) is 0 Å². The number of rotatable bonds is 6. The second kappa shape index (κ2) is 8.66. The van der Waals surface area contributed by atoms with E-state index in [1.54, 1.807) is 36.5 Å². The number of nitrogens with zero attached hydrogens (tertiary/aromatic N) is 2. The molecule has 0 bridgehead atoms. The summed E-state index contributed by atoms with van der Waals surface area (Å²) in [5.41, 5.74) is 1.25. The molecule has 1 aromatic carbocycles. The van der Waals surface area contributed by atoms with E-state index in [1.165, 1.54) is 0 Å². The molecule has 1 heterocycles. The van der Waals surface area contributed by atoms with Crippen LogP contribution in [0.1, 0.15) is 45.0 Å². The summed E-state index contributed by atoms with van der Waals surface area (Å²) < 4.78 is 0. The van der Waals surface area contributed by atoms with Crippen molar-refractivity contribution in [3.8, 4) is 0 Å². The molecule has 0 fully saturated rings. The fraction of sp³-hybridized carbons (Fsp3) is 0.381. The number of nitrogens with one attached hydrogen (secondary N) is 2. The molecular weight excluding hydrogens is 340 g/mol. The van der Waals surface area contributed by atoms with Crippen LogP contribution in [0.15, 0.2) is 42.6 Å². The van der Waals surface area contributed by atoms with E-state index >= 15 is 0 Å². The fourth-order valence-electron chi connectivity index (χ4n) is 2.45. The molecule has 0 aliphatic carbocycles. The number of carbonyl (C=O) groups is 2. The number of hydrogen-bond acceptors (Lipinski definition) is 4. The third kappa shape index (κ3) is 5.54. The zero-order valence-corrected chi connectivity index (χ0v) is 16.7. The van der Waals surface area contributed by atoms with Gasteiger partial charge in [-0.15, -0.1) is 0 Å². The minimum Gasteiger partial charge on any atom is -0.357 e. The van der Waals surface area contributed by atoms with E-state index in [9.17, 15) is 9.59 Å². The van der Waals surface area contributed by atoms with Gasteiger partial charge in [0.05, 0.1) is 5.56 Å². The van der Waals surface area contributed by atoms with Crippen LogP contribution in [0, 0.1) is 5.41 Å². The molecule has 2 rings (SSSR count). The Labute approximate surface area is 161 Å². The average Bonchev–Trinajstić information content (AvgIpc) is 2.63. The molecule has 6 nitrogen and oxygen atoms in total. The Morgan fingerprint density at radius 2 is 1.63 bits per heavy atom. The Morgan fingerprint density at radius 1 is 1.00 bits per heavy atom. The van der Waals surface area contributed by atoms with Crippen LogP contribution in [0.25, 0.3) is 0 Å². The molecule has 0 saturated carbocycles. The van der Waals surface area contributed by atoms with Gasteiger partial charge in [-0.1, -0.05) is 26.8 Å². The molecule has 2 aromatic rings. The maximum absolute atomic E-state index is 12.5. The summed E-state index contributed by atoms with van der Waals surface area (Å²) >= 11 is 0. The summed E-state index contributed by atoms with van der Waals surface area (Å²) in [6, 6.07) is 10.7. The molecule has 6 heteroatoms. The molecule has 27 heavy (non-hydrogen) atoms. The van der Waals surface area contributed by atoms with Crippen LogP contribution in [-0.4, -0.2) is 29.9 Å². The topological polar surface area (TPSA) is 74.3 Å². The zero-order valence-electron chi connectivity index (χ0n) is 16.7. The first-order valence-corrected chi connectivity index (χ1v) is 9.18. The molecule has 0 unspecified atom stereocenters. The summed E-state index contributed by atoms with van der Waals surface area (Å²) in [4.78, 5) is 31.1. The van der Waals surface area contributed by atoms with Gasteiger partial charge in [0, 0.05) is 36.1 Å². The number of aromatic nitrogens is 1. The van der Waals surface area contributed by atoms with Crippen LogP contribution in [-0.2, 0) is 4.79 Å². The number of pyridine rings is 1. The Balaban J connectivity index is 2.07. The first-order chi connectivity index (χ1) is 12.7. The van der Waals surface area contributed by atoms with Crippen molar-refractivity contribution >= 4 is 29.0 Å². The zero-order chi connectivity index (χ0) is 20.0. The van der Waals surface area contributed by atoms with Gasteiger partial charge in [0.25, 0.3) is 5.91 Å². The molecule has 2 amide bonds. The highest BCUT2D eigenvalue weighted by atomic mass is 16.2. The lowest BCUT2D eigenvalue weighted by Gasteiger charge is -2.19. The highest BCUT2D eigenvalue weighted by Gasteiger charge is 2.21. The lowest BCUT2D eigenvalue weighted by atomic mass is 9.95. The van der Waals surface area contributed by atoms with E-state index in [-0.39, 0.29) is 11.8 Å². The molecular formula is C21H28N4O2. The highest BCUT2D eigenvalue weighted by molar-refractivity contribution is 6.04. The molecule has 2 N–H and O–H groups in total. The Morgan fingerprint density at radius 3 is 2.15 bits per heavy atom. The Bertz CT molecular complexity index is 791. The van der Waals surface area contributed by atoms with E-state index in [1.807, 2.05) is 26.8 Å². The van der Waals surface area contributed by atoms with Crippen molar-refractivity contribution in [1.29, 1.82) is 0 Å². The first kappa shape index (κ1) is 20.4. The van der Waals surface area contributed by atoms with Crippen LogP contribution < -0.4 is 15.5 Å². The highest BCUT2D eigenvalue weighted by Crippen LogP contribution is 2.20. The fourth-order valence-corrected chi connectivity index (χ4v) is 2.45. The van der Waals surface area contributed by atoms with Crippen LogP contribution in [0.4, 0.5) is 17.2 Å². The smallest absolute Gasteiger partial charge is 0.257 e. The standard InChI is InChI=1S/C21H28N4O2/c1-6-25(7-2)18-12-11-15(14-22-18)19(26)23-16-9-8-10-17(13-16)24-20(27)21(3,4)5/h8-14H,6-7H2,1-5H3,(H,23,26)(H,24,27). The monoisotopic (exact) mass is 368 g/mol. The maximum Gasteiger partial charge on any atom is 0.257 e. The van der Waals surface area contributed by atoms with Crippen molar-refractivity contribution in [2.24, 2.45) is 5.41 Å². The quantitative estimate of drug-likeness (QED) is 0.803. The van der Waals surface area contributed by atoms with Crippen LogP contribution in [0.5, 0.6) is 0 Å². The van der Waals surface area contributed by atoms with Crippen molar-refractivity contribution in [2.75, 3.05) is 28.6 Å². The van der Waals surface area contributed by atoms with E-state index in [0.29, 0.717) is 16.9 Å². The van der Waals surface area contributed by atoms with Gasteiger partial charge in [0.1, 0.15) is 5.82 Å². The van der Waals surface area contributed by atoms with Gasteiger partial charge in [0.2, 0.25) is 5.91 Å². The van der Waals surface area contributed by atoms with E-state index in [0.717, 1.165) is 18.9 Å². The number of anilines is 3. The Kier molecular flexibility index (Phi) is 6.55. The molecule has 144 valence electrons. The third-order valence-electron chi connectivity index (χ3n) is 4.16. The summed E-state index contributed by atoms with van der Waals surface area (Å²) in [7, 11) is 0. The minimum atomic E-state index is -0.489. The first-order valence-electron chi connectivity index (χ1n) is 9.18. The van der Waals surface area contributed by atoms with Crippen molar-refractivity contribution < 1.29 is 9.59 Å². The second-order valence-corrected chi connectivity index (χ2v) is 7.32. The van der Waals surface area contributed by atoms with Crippen molar-refractivity contribution in [3.05, 3.63) is 48.2 Å². The van der Waals surface area contributed by atoms with Gasteiger partial charge in [0.15, 0.2) is 0 Å². The Hall–Kier alpha value is -2.89. The lowest BCUT2D eigenvalue weighted by Crippen LogP contribution is -2.27. The summed E-state index contributed by atoms with van der Waals surface area (Å²) in [6.45, 7) is 11.4. The van der Waals surface area contributed by atoms with Gasteiger partial charge in [-0.25, -0.2) is 4.98 Å². The third-order valence-corrected chi connectivity index (χ3v) is 4.16. The largest absolute Gasteiger partial charge is 0.357 e. The van der Waals surface area contributed by atoms with Crippen molar-refractivity contribution in [2.45, 2.75) is 34.6 Å². The molecule has 0 radical (unpaired) electrons. The molecule has 0 aliphatic rings. The van der Waals surface area contributed by atoms with Crippen LogP contribution in [0.3, 0.4) is 0 Å². The van der Waals surface area contributed by atoms with E-state index in [2.05, 4.69) is 34.4 Å². The number of hydrogen-bond donors (Lipinski definition) is 2. The summed E-state index contributed by atoms with van der Waals surface area (Å²) in [5, 5.41) is 5.70. The summed E-state index contributed by atoms with van der Waals surface area (Å²) in [6.07, 6.45) is 1.58. The average molecular weight is 368 g/mol. The molecule has 0 spiro atoms. The minimum absolute atomic E-state index is 0.0813. The van der Waals surface area contributed by atoms with Crippen molar-refractivity contribution in [3.63, 3.8) is 0 Å². The van der Waals surface area contributed by atoms with Crippen molar-refractivity contribution in [1.82, 2.24) is 4.98 Å². The predicted octanol–water partition coefficient (Wildman–Crippen LogP) is 4.16. The normalized spacial score (nSPS) is 11.0. The van der Waals surface area contributed by atoms with Gasteiger partial charge < -0.3 is 15.5 Å². The maximum atomic E-state index is 12.5. The van der Waals surface area contributed by atoms with Gasteiger partial charge >= 0.3 is 0 Å².